The molecule has 0 amide bonds. The predicted octanol–water partition coefficient (Wildman–Crippen LogP) is 1.87. The fraction of sp³-hybridized carbons (Fsp3) is 0.636. The zero-order chi connectivity index (χ0) is 13.3. The van der Waals surface area contributed by atoms with E-state index in [1.165, 1.54) is 6.33 Å². The molecule has 0 bridgehead atoms. The van der Waals surface area contributed by atoms with Gasteiger partial charge in [0.05, 0.1) is 22.8 Å². The van der Waals surface area contributed by atoms with Crippen molar-refractivity contribution in [2.45, 2.75) is 25.6 Å². The van der Waals surface area contributed by atoms with Crippen LogP contribution in [0, 0.1) is 0 Å². The van der Waals surface area contributed by atoms with E-state index < -0.39 is 0 Å². The Kier molecular flexibility index (Phi) is 4.11. The summed E-state index contributed by atoms with van der Waals surface area (Å²) in [6, 6.07) is 0. The molecule has 7 heteroatoms. The maximum absolute atomic E-state index is 9.29. The lowest BCUT2D eigenvalue weighted by molar-refractivity contribution is -0.101. The molecule has 5 nitrogen and oxygen atoms in total. The number of hydrogen-bond acceptors (Lipinski definition) is 5. The molecule has 18 heavy (non-hydrogen) atoms. The number of ether oxygens (including phenoxy) is 1. The molecular formula is C11H15BrClN3O2. The number of halogens is 2. The smallest absolute Gasteiger partial charge is 0.148 e. The van der Waals surface area contributed by atoms with Gasteiger partial charge in [0.15, 0.2) is 0 Å². The predicted molar refractivity (Wildman–Crippen MR) is 73.0 cm³/mol. The second-order valence-corrected chi connectivity index (χ2v) is 6.02. The minimum absolute atomic E-state index is 0.0175. The highest BCUT2D eigenvalue weighted by atomic mass is 79.9. The van der Waals surface area contributed by atoms with Crippen LogP contribution in [0.25, 0.3) is 0 Å². The fourth-order valence-electron chi connectivity index (χ4n) is 2.11. The van der Waals surface area contributed by atoms with Gasteiger partial charge in [-0.05, 0) is 29.8 Å². The Morgan fingerprint density at radius 2 is 2.33 bits per heavy atom. The van der Waals surface area contributed by atoms with Crippen LogP contribution in [0.1, 0.15) is 13.8 Å². The molecule has 1 fully saturated rings. The molecule has 1 aromatic heterocycles. The summed E-state index contributed by atoms with van der Waals surface area (Å²) in [6.07, 6.45) is 1.20. The first kappa shape index (κ1) is 14.0. The molecule has 0 aliphatic carbocycles. The SMILES string of the molecule is CC1(C)CN(c2ncnc(Cl)c2Br)CC(CO)O1. The number of aliphatic hydroxyl groups excluding tert-OH is 1. The van der Waals surface area contributed by atoms with Crippen LogP contribution in [0.3, 0.4) is 0 Å². The minimum Gasteiger partial charge on any atom is -0.394 e. The molecule has 2 rings (SSSR count). The van der Waals surface area contributed by atoms with E-state index in [1.807, 2.05) is 18.7 Å². The third-order valence-electron chi connectivity index (χ3n) is 2.71. The molecule has 0 aromatic carbocycles. The number of aromatic nitrogens is 2. The Balaban J connectivity index is 2.29. The van der Waals surface area contributed by atoms with Gasteiger partial charge in [-0.2, -0.15) is 0 Å². The molecule has 100 valence electrons. The fourth-order valence-corrected chi connectivity index (χ4v) is 2.70. The Morgan fingerprint density at radius 3 is 3.00 bits per heavy atom. The van der Waals surface area contributed by atoms with Crippen LogP contribution in [-0.2, 0) is 4.74 Å². The molecule has 0 saturated carbocycles. The van der Waals surface area contributed by atoms with E-state index in [9.17, 15) is 5.11 Å². The standard InChI is InChI=1S/C11H15BrClN3O2/c1-11(2)5-16(3-7(4-17)18-11)10-8(12)9(13)14-6-15-10/h6-7,17H,3-5H2,1-2H3. The summed E-state index contributed by atoms with van der Waals surface area (Å²) in [5.41, 5.74) is -0.345. The Morgan fingerprint density at radius 1 is 1.61 bits per heavy atom. The molecule has 1 unspecified atom stereocenters. The molecule has 1 saturated heterocycles. The van der Waals surface area contributed by atoms with E-state index in [-0.39, 0.29) is 18.3 Å². The largest absolute Gasteiger partial charge is 0.394 e. The minimum atomic E-state index is -0.345. The number of morpholine rings is 1. The Labute approximate surface area is 119 Å². The number of anilines is 1. The first-order valence-corrected chi connectivity index (χ1v) is 6.79. The first-order valence-electron chi connectivity index (χ1n) is 5.62. The van der Waals surface area contributed by atoms with Crippen molar-refractivity contribution in [3.8, 4) is 0 Å². The van der Waals surface area contributed by atoms with E-state index in [0.717, 1.165) is 5.82 Å². The van der Waals surface area contributed by atoms with Crippen molar-refractivity contribution < 1.29 is 9.84 Å². The van der Waals surface area contributed by atoms with Gasteiger partial charge in [0.25, 0.3) is 0 Å². The van der Waals surface area contributed by atoms with E-state index >= 15 is 0 Å². The summed E-state index contributed by atoms with van der Waals surface area (Å²) in [5.74, 6) is 0.727. The monoisotopic (exact) mass is 335 g/mol. The van der Waals surface area contributed by atoms with Crippen molar-refractivity contribution in [3.05, 3.63) is 16.0 Å². The molecule has 1 aromatic rings. The highest BCUT2D eigenvalue weighted by Gasteiger charge is 2.34. The third-order valence-corrected chi connectivity index (χ3v) is 3.96. The van der Waals surface area contributed by atoms with Crippen LogP contribution >= 0.6 is 27.5 Å². The van der Waals surface area contributed by atoms with Crippen LogP contribution in [0.4, 0.5) is 5.82 Å². The van der Waals surface area contributed by atoms with Gasteiger partial charge in [0.2, 0.25) is 0 Å². The van der Waals surface area contributed by atoms with Crippen LogP contribution < -0.4 is 4.90 Å². The average Bonchev–Trinajstić information content (AvgIpc) is 2.30. The van der Waals surface area contributed by atoms with Crippen molar-refractivity contribution in [2.75, 3.05) is 24.6 Å². The third kappa shape index (κ3) is 2.93. The van der Waals surface area contributed by atoms with Crippen molar-refractivity contribution >= 4 is 33.3 Å². The van der Waals surface area contributed by atoms with Gasteiger partial charge in [-0.3, -0.25) is 0 Å². The molecule has 2 heterocycles. The zero-order valence-electron chi connectivity index (χ0n) is 10.2. The number of aliphatic hydroxyl groups is 1. The second kappa shape index (κ2) is 5.28. The lowest BCUT2D eigenvalue weighted by Gasteiger charge is -2.43. The molecule has 1 N–H and O–H groups in total. The maximum atomic E-state index is 9.29. The molecular weight excluding hydrogens is 321 g/mol. The molecule has 0 spiro atoms. The highest BCUT2D eigenvalue weighted by Crippen LogP contribution is 2.32. The van der Waals surface area contributed by atoms with Gasteiger partial charge in [0.1, 0.15) is 17.3 Å². The summed E-state index contributed by atoms with van der Waals surface area (Å²) in [4.78, 5) is 10.2. The molecule has 1 aliphatic heterocycles. The van der Waals surface area contributed by atoms with Crippen molar-refractivity contribution in [1.29, 1.82) is 0 Å². The number of nitrogens with zero attached hydrogens (tertiary/aromatic N) is 3. The maximum Gasteiger partial charge on any atom is 0.148 e. The zero-order valence-corrected chi connectivity index (χ0v) is 12.6. The Hall–Kier alpha value is -0.430. The van der Waals surface area contributed by atoms with Gasteiger partial charge in [0, 0.05) is 13.1 Å². The average molecular weight is 337 g/mol. The van der Waals surface area contributed by atoms with Crippen molar-refractivity contribution in [3.63, 3.8) is 0 Å². The summed E-state index contributed by atoms with van der Waals surface area (Å²) in [5, 5.41) is 9.67. The quantitative estimate of drug-likeness (QED) is 0.836. The van der Waals surface area contributed by atoms with Crippen molar-refractivity contribution in [1.82, 2.24) is 9.97 Å². The summed E-state index contributed by atoms with van der Waals surface area (Å²) in [7, 11) is 0. The summed E-state index contributed by atoms with van der Waals surface area (Å²) in [6.45, 7) is 5.20. The number of rotatable bonds is 2. The summed E-state index contributed by atoms with van der Waals surface area (Å²) >= 11 is 9.36. The number of hydrogen-bond donors (Lipinski definition) is 1. The van der Waals surface area contributed by atoms with Gasteiger partial charge in [-0.1, -0.05) is 11.6 Å². The topological polar surface area (TPSA) is 58.5 Å². The molecule has 1 atom stereocenters. The summed E-state index contributed by atoms with van der Waals surface area (Å²) < 4.78 is 6.43. The first-order chi connectivity index (χ1) is 8.43. The van der Waals surface area contributed by atoms with E-state index in [2.05, 4.69) is 25.9 Å². The molecule has 1 aliphatic rings. The van der Waals surface area contributed by atoms with E-state index in [0.29, 0.717) is 22.7 Å². The van der Waals surface area contributed by atoms with E-state index in [1.54, 1.807) is 0 Å². The van der Waals surface area contributed by atoms with Crippen LogP contribution in [0.15, 0.2) is 10.8 Å². The lowest BCUT2D eigenvalue weighted by Crippen LogP contribution is -2.54. The van der Waals surface area contributed by atoms with Gasteiger partial charge in [-0.25, -0.2) is 9.97 Å². The van der Waals surface area contributed by atoms with Gasteiger partial charge in [-0.15, -0.1) is 0 Å². The van der Waals surface area contributed by atoms with Gasteiger partial charge >= 0.3 is 0 Å². The van der Waals surface area contributed by atoms with E-state index in [4.69, 9.17) is 16.3 Å². The highest BCUT2D eigenvalue weighted by molar-refractivity contribution is 9.10. The van der Waals surface area contributed by atoms with Crippen LogP contribution in [0.2, 0.25) is 5.15 Å². The van der Waals surface area contributed by atoms with Crippen molar-refractivity contribution in [2.24, 2.45) is 0 Å². The second-order valence-electron chi connectivity index (χ2n) is 4.86. The van der Waals surface area contributed by atoms with Gasteiger partial charge < -0.3 is 14.7 Å². The van der Waals surface area contributed by atoms with Crippen LogP contribution in [0.5, 0.6) is 0 Å². The Bertz CT molecular complexity index is 444. The van der Waals surface area contributed by atoms with Crippen LogP contribution in [-0.4, -0.2) is 46.5 Å². The lowest BCUT2D eigenvalue weighted by atomic mass is 10.1. The normalized spacial score (nSPS) is 23.2. The molecule has 0 radical (unpaired) electrons.